The second kappa shape index (κ2) is 8.35. The van der Waals surface area contributed by atoms with Gasteiger partial charge in [-0.15, -0.1) is 0 Å². The second-order valence-electron chi connectivity index (χ2n) is 6.82. The zero-order valence-corrected chi connectivity index (χ0v) is 15.9. The Hall–Kier alpha value is -1.99. The van der Waals surface area contributed by atoms with E-state index in [1.54, 1.807) is 0 Å². The second-order valence-corrected chi connectivity index (χ2v) is 8.73. The molecule has 0 saturated carbocycles. The molecule has 0 amide bonds. The number of rotatable bonds is 6. The number of anilines is 1. The number of ether oxygens (including phenoxy) is 1. The van der Waals surface area contributed by atoms with Crippen molar-refractivity contribution < 1.29 is 21.9 Å². The summed E-state index contributed by atoms with van der Waals surface area (Å²) in [5, 5.41) is 3.27. The van der Waals surface area contributed by atoms with Crippen molar-refractivity contribution in [3.05, 3.63) is 59.7 Å². The van der Waals surface area contributed by atoms with E-state index in [-0.39, 0.29) is 16.9 Å². The molecule has 1 aliphatic heterocycles. The van der Waals surface area contributed by atoms with Crippen molar-refractivity contribution in [2.75, 3.05) is 18.5 Å². The molecule has 2 aromatic rings. The van der Waals surface area contributed by atoms with Crippen LogP contribution in [-0.4, -0.2) is 27.3 Å². The van der Waals surface area contributed by atoms with E-state index in [9.17, 15) is 17.2 Å². The summed E-state index contributed by atoms with van der Waals surface area (Å²) in [6, 6.07) is 13.8. The summed E-state index contributed by atoms with van der Waals surface area (Å²) in [5.41, 5.74) is 3.03. The van der Waals surface area contributed by atoms with E-state index in [0.717, 1.165) is 25.0 Å². The van der Waals surface area contributed by atoms with Crippen LogP contribution in [0.4, 0.5) is 14.5 Å². The SMILES string of the molecule is Cc1ccc(C2OCCCC2CNc2ccc(S(=O)(=O)C(F)F)cc2)cc1. The lowest BCUT2D eigenvalue weighted by molar-refractivity contribution is -0.0238. The van der Waals surface area contributed by atoms with E-state index in [4.69, 9.17) is 4.74 Å². The molecule has 1 heterocycles. The van der Waals surface area contributed by atoms with Crippen molar-refractivity contribution in [3.8, 4) is 0 Å². The Morgan fingerprint density at radius 3 is 2.41 bits per heavy atom. The largest absolute Gasteiger partial charge is 0.385 e. The summed E-state index contributed by atoms with van der Waals surface area (Å²) in [4.78, 5) is -0.374. The van der Waals surface area contributed by atoms with Gasteiger partial charge in [0.15, 0.2) is 0 Å². The van der Waals surface area contributed by atoms with Crippen molar-refractivity contribution in [2.45, 2.75) is 36.5 Å². The molecule has 3 rings (SSSR count). The smallest absolute Gasteiger partial charge is 0.341 e. The predicted molar refractivity (Wildman–Crippen MR) is 101 cm³/mol. The number of alkyl halides is 2. The van der Waals surface area contributed by atoms with Gasteiger partial charge in [-0.05, 0) is 49.6 Å². The Morgan fingerprint density at radius 2 is 1.78 bits per heavy atom. The van der Waals surface area contributed by atoms with Gasteiger partial charge < -0.3 is 10.1 Å². The van der Waals surface area contributed by atoms with Crippen LogP contribution in [-0.2, 0) is 14.6 Å². The number of halogens is 2. The fourth-order valence-electron chi connectivity index (χ4n) is 3.29. The predicted octanol–water partition coefficient (Wildman–Crippen LogP) is 4.57. The topological polar surface area (TPSA) is 55.4 Å². The quantitative estimate of drug-likeness (QED) is 0.778. The number of sulfone groups is 1. The van der Waals surface area contributed by atoms with E-state index < -0.39 is 15.6 Å². The van der Waals surface area contributed by atoms with Crippen molar-refractivity contribution >= 4 is 15.5 Å². The Labute approximate surface area is 158 Å². The summed E-state index contributed by atoms with van der Waals surface area (Å²) in [6.45, 7) is 3.43. The molecule has 1 N–H and O–H groups in total. The first-order valence-corrected chi connectivity index (χ1v) is 10.5. The third kappa shape index (κ3) is 4.65. The van der Waals surface area contributed by atoms with Gasteiger partial charge in [-0.2, -0.15) is 8.78 Å². The Morgan fingerprint density at radius 1 is 1.11 bits per heavy atom. The zero-order valence-electron chi connectivity index (χ0n) is 15.1. The van der Waals surface area contributed by atoms with Crippen LogP contribution in [0.2, 0.25) is 0 Å². The van der Waals surface area contributed by atoms with E-state index in [1.165, 1.54) is 29.8 Å². The van der Waals surface area contributed by atoms with Gasteiger partial charge >= 0.3 is 5.76 Å². The van der Waals surface area contributed by atoms with Crippen LogP contribution in [0.1, 0.15) is 30.1 Å². The lowest BCUT2D eigenvalue weighted by Crippen LogP contribution is -2.28. The van der Waals surface area contributed by atoms with Crippen LogP contribution in [0.25, 0.3) is 0 Å². The first-order valence-electron chi connectivity index (χ1n) is 8.92. The molecule has 2 aromatic carbocycles. The highest BCUT2D eigenvalue weighted by molar-refractivity contribution is 7.91. The lowest BCUT2D eigenvalue weighted by Gasteiger charge is -2.32. The maximum atomic E-state index is 12.6. The van der Waals surface area contributed by atoms with Crippen LogP contribution in [0.15, 0.2) is 53.4 Å². The highest BCUT2D eigenvalue weighted by atomic mass is 32.2. The summed E-state index contributed by atoms with van der Waals surface area (Å²) >= 11 is 0. The highest BCUT2D eigenvalue weighted by Gasteiger charge is 2.28. The Kier molecular flexibility index (Phi) is 6.11. The normalized spacial score (nSPS) is 20.6. The maximum absolute atomic E-state index is 12.6. The molecule has 0 spiro atoms. The first kappa shape index (κ1) is 19.8. The van der Waals surface area contributed by atoms with E-state index >= 15 is 0 Å². The average molecular weight is 395 g/mol. The summed E-state index contributed by atoms with van der Waals surface area (Å²) in [5.74, 6) is -3.14. The molecule has 4 nitrogen and oxygen atoms in total. The molecular formula is C20H23F2NO3S. The number of hydrogen-bond donors (Lipinski definition) is 1. The van der Waals surface area contributed by atoms with Crippen LogP contribution in [0.3, 0.4) is 0 Å². The molecule has 7 heteroatoms. The molecule has 0 aromatic heterocycles. The maximum Gasteiger partial charge on any atom is 0.341 e. The highest BCUT2D eigenvalue weighted by Crippen LogP contribution is 2.34. The van der Waals surface area contributed by atoms with Gasteiger partial charge in [-0.3, -0.25) is 0 Å². The van der Waals surface area contributed by atoms with Gasteiger partial charge in [-0.25, -0.2) is 8.42 Å². The fraction of sp³-hybridized carbons (Fsp3) is 0.400. The molecule has 1 aliphatic rings. The standard InChI is InChI=1S/C20H23F2NO3S/c1-14-4-6-15(7-5-14)19-16(3-2-12-26-19)13-23-17-8-10-18(11-9-17)27(24,25)20(21)22/h4-11,16,19-20,23H,2-3,12-13H2,1H3. The monoisotopic (exact) mass is 395 g/mol. The van der Waals surface area contributed by atoms with Gasteiger partial charge in [0.05, 0.1) is 11.0 Å². The lowest BCUT2D eigenvalue weighted by atomic mass is 9.89. The number of aryl methyl sites for hydroxylation is 1. The van der Waals surface area contributed by atoms with Crippen molar-refractivity contribution in [3.63, 3.8) is 0 Å². The van der Waals surface area contributed by atoms with Crippen molar-refractivity contribution in [2.24, 2.45) is 5.92 Å². The summed E-state index contributed by atoms with van der Waals surface area (Å²) in [6.07, 6.45) is 2.01. The minimum atomic E-state index is -4.56. The van der Waals surface area contributed by atoms with Crippen molar-refractivity contribution in [1.29, 1.82) is 0 Å². The number of hydrogen-bond acceptors (Lipinski definition) is 4. The van der Waals surface area contributed by atoms with Crippen LogP contribution in [0, 0.1) is 12.8 Å². The summed E-state index contributed by atoms with van der Waals surface area (Å²) in [7, 11) is -4.56. The van der Waals surface area contributed by atoms with Crippen LogP contribution in [0.5, 0.6) is 0 Å². The minimum Gasteiger partial charge on any atom is -0.385 e. The van der Waals surface area contributed by atoms with Crippen molar-refractivity contribution in [1.82, 2.24) is 0 Å². The summed E-state index contributed by atoms with van der Waals surface area (Å²) < 4.78 is 54.2. The van der Waals surface area contributed by atoms with Gasteiger partial charge in [0.1, 0.15) is 0 Å². The first-order chi connectivity index (χ1) is 12.9. The van der Waals surface area contributed by atoms with Crippen LogP contribution < -0.4 is 5.32 Å². The molecule has 1 fully saturated rings. The van der Waals surface area contributed by atoms with Gasteiger partial charge in [0, 0.05) is 24.8 Å². The molecular weight excluding hydrogens is 372 g/mol. The van der Waals surface area contributed by atoms with E-state index in [2.05, 4.69) is 29.6 Å². The molecule has 2 atom stereocenters. The molecule has 0 bridgehead atoms. The third-order valence-electron chi connectivity index (χ3n) is 4.84. The molecule has 0 aliphatic carbocycles. The third-order valence-corrected chi connectivity index (χ3v) is 6.23. The Bertz CT molecular complexity index is 852. The molecule has 0 radical (unpaired) electrons. The molecule has 1 saturated heterocycles. The van der Waals surface area contributed by atoms with Crippen LogP contribution >= 0.6 is 0 Å². The van der Waals surface area contributed by atoms with Gasteiger partial charge in [-0.1, -0.05) is 29.8 Å². The average Bonchev–Trinajstić information content (AvgIpc) is 2.67. The number of benzene rings is 2. The van der Waals surface area contributed by atoms with Gasteiger partial charge in [0.2, 0.25) is 9.84 Å². The Balaban J connectivity index is 1.66. The number of nitrogens with one attached hydrogen (secondary N) is 1. The van der Waals surface area contributed by atoms with E-state index in [0.29, 0.717) is 12.2 Å². The molecule has 27 heavy (non-hydrogen) atoms. The molecule has 146 valence electrons. The zero-order chi connectivity index (χ0) is 19.4. The molecule has 2 unspecified atom stereocenters. The van der Waals surface area contributed by atoms with E-state index in [1.807, 2.05) is 6.92 Å². The fourth-order valence-corrected chi connectivity index (χ4v) is 4.01. The van der Waals surface area contributed by atoms with Gasteiger partial charge in [0.25, 0.3) is 0 Å². The minimum absolute atomic E-state index is 0.00494.